The summed E-state index contributed by atoms with van der Waals surface area (Å²) < 4.78 is 16.4. The highest BCUT2D eigenvalue weighted by Crippen LogP contribution is 2.29. The quantitative estimate of drug-likeness (QED) is 0.547. The Morgan fingerprint density at radius 3 is 2.41 bits per heavy atom. The Labute approximate surface area is 161 Å². The lowest BCUT2D eigenvalue weighted by Gasteiger charge is -2.16. The summed E-state index contributed by atoms with van der Waals surface area (Å²) in [4.78, 5) is 0. The predicted octanol–water partition coefficient (Wildman–Crippen LogP) is 4.92. The summed E-state index contributed by atoms with van der Waals surface area (Å²) in [6.45, 7) is 3.77. The van der Waals surface area contributed by atoms with Gasteiger partial charge in [-0.05, 0) is 55.3 Å². The van der Waals surface area contributed by atoms with E-state index in [2.05, 4.69) is 48.6 Å². The SMILES string of the molecule is COc1ccc(CNCC[C@H](c2ccc(C)cc2)c2ccco2)cc1OC. The second kappa shape index (κ2) is 9.28. The van der Waals surface area contributed by atoms with Gasteiger partial charge in [-0.2, -0.15) is 0 Å². The molecule has 0 fully saturated rings. The third-order valence-corrected chi connectivity index (χ3v) is 4.75. The molecule has 27 heavy (non-hydrogen) atoms. The van der Waals surface area contributed by atoms with Crippen LogP contribution in [0.3, 0.4) is 0 Å². The van der Waals surface area contributed by atoms with E-state index in [0.29, 0.717) is 0 Å². The molecule has 0 aliphatic rings. The summed E-state index contributed by atoms with van der Waals surface area (Å²) in [5.74, 6) is 2.76. The van der Waals surface area contributed by atoms with Crippen LogP contribution in [0.25, 0.3) is 0 Å². The highest BCUT2D eigenvalue weighted by Gasteiger charge is 2.16. The van der Waals surface area contributed by atoms with Gasteiger partial charge in [0.1, 0.15) is 5.76 Å². The second-order valence-electron chi connectivity index (χ2n) is 6.63. The van der Waals surface area contributed by atoms with Crippen molar-refractivity contribution < 1.29 is 13.9 Å². The molecule has 1 heterocycles. The van der Waals surface area contributed by atoms with Gasteiger partial charge in [-0.1, -0.05) is 35.9 Å². The molecule has 0 spiro atoms. The first kappa shape index (κ1) is 19.1. The first-order valence-corrected chi connectivity index (χ1v) is 9.23. The fourth-order valence-electron chi connectivity index (χ4n) is 3.23. The molecule has 1 aromatic heterocycles. The number of hydrogen-bond donors (Lipinski definition) is 1. The van der Waals surface area contributed by atoms with E-state index in [-0.39, 0.29) is 5.92 Å². The van der Waals surface area contributed by atoms with Crippen LogP contribution in [-0.4, -0.2) is 20.8 Å². The Hall–Kier alpha value is -2.72. The van der Waals surface area contributed by atoms with Crippen molar-refractivity contribution in [3.8, 4) is 11.5 Å². The van der Waals surface area contributed by atoms with Gasteiger partial charge < -0.3 is 19.2 Å². The Morgan fingerprint density at radius 2 is 1.74 bits per heavy atom. The number of benzene rings is 2. The van der Waals surface area contributed by atoms with Crippen LogP contribution in [0.1, 0.15) is 34.8 Å². The van der Waals surface area contributed by atoms with Crippen LogP contribution in [0.4, 0.5) is 0 Å². The predicted molar refractivity (Wildman–Crippen MR) is 108 cm³/mol. The van der Waals surface area contributed by atoms with Crippen molar-refractivity contribution in [2.45, 2.75) is 25.8 Å². The number of hydrogen-bond acceptors (Lipinski definition) is 4. The molecule has 0 aliphatic heterocycles. The monoisotopic (exact) mass is 365 g/mol. The largest absolute Gasteiger partial charge is 0.493 e. The van der Waals surface area contributed by atoms with E-state index in [1.54, 1.807) is 20.5 Å². The molecule has 4 heteroatoms. The van der Waals surface area contributed by atoms with Gasteiger partial charge in [0.15, 0.2) is 11.5 Å². The van der Waals surface area contributed by atoms with E-state index in [1.807, 2.05) is 18.2 Å². The lowest BCUT2D eigenvalue weighted by Crippen LogP contribution is -2.17. The molecule has 2 aromatic carbocycles. The molecular weight excluding hydrogens is 338 g/mol. The van der Waals surface area contributed by atoms with E-state index < -0.39 is 0 Å². The van der Waals surface area contributed by atoms with E-state index in [9.17, 15) is 0 Å². The lowest BCUT2D eigenvalue weighted by molar-refractivity contribution is 0.354. The number of methoxy groups -OCH3 is 2. The molecule has 0 saturated heterocycles. The molecule has 0 radical (unpaired) electrons. The third kappa shape index (κ3) is 4.92. The van der Waals surface area contributed by atoms with Gasteiger partial charge in [0.2, 0.25) is 0 Å². The Balaban J connectivity index is 1.61. The Bertz CT molecular complexity index is 825. The van der Waals surface area contributed by atoms with Gasteiger partial charge in [-0.15, -0.1) is 0 Å². The van der Waals surface area contributed by atoms with E-state index in [0.717, 1.165) is 42.3 Å². The zero-order valence-electron chi connectivity index (χ0n) is 16.2. The van der Waals surface area contributed by atoms with Crippen LogP contribution in [0.5, 0.6) is 11.5 Å². The highest BCUT2D eigenvalue weighted by molar-refractivity contribution is 5.42. The van der Waals surface area contributed by atoms with Crippen LogP contribution >= 0.6 is 0 Å². The fourth-order valence-corrected chi connectivity index (χ4v) is 3.23. The first-order chi connectivity index (χ1) is 13.2. The number of ether oxygens (including phenoxy) is 2. The highest BCUT2D eigenvalue weighted by atomic mass is 16.5. The molecule has 0 amide bonds. The molecule has 1 N–H and O–H groups in total. The maximum Gasteiger partial charge on any atom is 0.161 e. The molecule has 0 bridgehead atoms. The fraction of sp³-hybridized carbons (Fsp3) is 0.304. The van der Waals surface area contributed by atoms with Gasteiger partial charge in [-0.25, -0.2) is 0 Å². The first-order valence-electron chi connectivity index (χ1n) is 9.23. The van der Waals surface area contributed by atoms with Crippen LogP contribution in [0.15, 0.2) is 65.3 Å². The van der Waals surface area contributed by atoms with Gasteiger partial charge in [0.25, 0.3) is 0 Å². The zero-order chi connectivity index (χ0) is 19.1. The van der Waals surface area contributed by atoms with Gasteiger partial charge in [0, 0.05) is 12.5 Å². The molecule has 0 aliphatic carbocycles. The van der Waals surface area contributed by atoms with Crippen molar-refractivity contribution in [1.82, 2.24) is 5.32 Å². The van der Waals surface area contributed by atoms with Crippen molar-refractivity contribution in [2.24, 2.45) is 0 Å². The van der Waals surface area contributed by atoms with Gasteiger partial charge >= 0.3 is 0 Å². The minimum Gasteiger partial charge on any atom is -0.493 e. The molecular formula is C23H27NO3. The Morgan fingerprint density at radius 1 is 0.963 bits per heavy atom. The zero-order valence-corrected chi connectivity index (χ0v) is 16.2. The lowest BCUT2D eigenvalue weighted by atomic mass is 9.92. The number of furan rings is 1. The standard InChI is InChI=1S/C23H27NO3/c1-17-6-9-19(10-7-17)20(21-5-4-14-27-21)12-13-24-16-18-8-11-22(25-2)23(15-18)26-3/h4-11,14-15,20,24H,12-13,16H2,1-3H3/t20-/m1/s1. The van der Waals surface area contributed by atoms with E-state index >= 15 is 0 Å². The third-order valence-electron chi connectivity index (χ3n) is 4.75. The summed E-state index contributed by atoms with van der Waals surface area (Å²) in [6, 6.07) is 18.7. The van der Waals surface area contributed by atoms with Gasteiger partial charge in [-0.3, -0.25) is 0 Å². The van der Waals surface area contributed by atoms with Crippen LogP contribution in [0, 0.1) is 6.92 Å². The summed E-state index contributed by atoms with van der Waals surface area (Å²) in [5.41, 5.74) is 3.71. The molecule has 4 nitrogen and oxygen atoms in total. The molecule has 142 valence electrons. The van der Waals surface area contributed by atoms with E-state index in [1.165, 1.54) is 11.1 Å². The summed E-state index contributed by atoms with van der Waals surface area (Å²) in [6.07, 6.45) is 2.71. The van der Waals surface area contributed by atoms with Crippen LogP contribution < -0.4 is 14.8 Å². The molecule has 1 atom stereocenters. The van der Waals surface area contributed by atoms with Crippen LogP contribution in [0.2, 0.25) is 0 Å². The normalized spacial score (nSPS) is 12.0. The van der Waals surface area contributed by atoms with Crippen molar-refractivity contribution in [2.75, 3.05) is 20.8 Å². The Kier molecular flexibility index (Phi) is 6.55. The minimum absolute atomic E-state index is 0.249. The van der Waals surface area contributed by atoms with Crippen molar-refractivity contribution in [1.29, 1.82) is 0 Å². The number of aryl methyl sites for hydroxylation is 1. The molecule has 3 aromatic rings. The average Bonchev–Trinajstić information content (AvgIpc) is 3.23. The summed E-state index contributed by atoms with van der Waals surface area (Å²) >= 11 is 0. The smallest absolute Gasteiger partial charge is 0.161 e. The number of nitrogens with one attached hydrogen (secondary N) is 1. The maximum absolute atomic E-state index is 5.69. The molecule has 3 rings (SSSR count). The van der Waals surface area contributed by atoms with Crippen molar-refractivity contribution in [3.05, 3.63) is 83.3 Å². The second-order valence-corrected chi connectivity index (χ2v) is 6.63. The van der Waals surface area contributed by atoms with Crippen molar-refractivity contribution >= 4 is 0 Å². The molecule has 0 unspecified atom stereocenters. The van der Waals surface area contributed by atoms with Crippen LogP contribution in [-0.2, 0) is 6.54 Å². The topological polar surface area (TPSA) is 43.6 Å². The maximum atomic E-state index is 5.69. The average molecular weight is 365 g/mol. The van der Waals surface area contributed by atoms with Crippen molar-refractivity contribution in [3.63, 3.8) is 0 Å². The minimum atomic E-state index is 0.249. The number of rotatable bonds is 9. The van der Waals surface area contributed by atoms with Gasteiger partial charge in [0.05, 0.1) is 20.5 Å². The molecule has 0 saturated carbocycles. The summed E-state index contributed by atoms with van der Waals surface area (Å²) in [7, 11) is 3.31. The summed E-state index contributed by atoms with van der Waals surface area (Å²) in [5, 5.41) is 3.53. The van der Waals surface area contributed by atoms with E-state index in [4.69, 9.17) is 13.9 Å².